The van der Waals surface area contributed by atoms with E-state index in [9.17, 15) is 14.9 Å². The van der Waals surface area contributed by atoms with Gasteiger partial charge in [-0.3, -0.25) is 14.9 Å². The molecule has 0 radical (unpaired) electrons. The molecule has 2 aromatic rings. The second kappa shape index (κ2) is 5.97. The Labute approximate surface area is 128 Å². The minimum Gasteiger partial charge on any atom is -0.366 e. The largest absolute Gasteiger partial charge is 0.366 e. The molecule has 0 aliphatic carbocycles. The molecule has 0 atom stereocenters. The first-order chi connectivity index (χ1) is 10.7. The number of benzene rings is 2. The SMILES string of the molecule is O=C(c1ccccc1)c1ccc(N2CCCC2)c([N+](=O)[O-])c1. The third kappa shape index (κ3) is 2.70. The summed E-state index contributed by atoms with van der Waals surface area (Å²) >= 11 is 0. The van der Waals surface area contributed by atoms with Crippen molar-refractivity contribution in [3.05, 3.63) is 69.8 Å². The highest BCUT2D eigenvalue weighted by molar-refractivity contribution is 6.09. The Balaban J connectivity index is 1.98. The molecule has 5 heteroatoms. The minimum absolute atomic E-state index is 0.00341. The Hall–Kier alpha value is -2.69. The van der Waals surface area contributed by atoms with Gasteiger partial charge in [0.1, 0.15) is 5.69 Å². The first kappa shape index (κ1) is 14.3. The fourth-order valence-electron chi connectivity index (χ4n) is 2.79. The molecule has 0 unspecified atom stereocenters. The highest BCUT2D eigenvalue weighted by Crippen LogP contribution is 2.32. The number of ketones is 1. The van der Waals surface area contributed by atoms with E-state index in [2.05, 4.69) is 0 Å². The summed E-state index contributed by atoms with van der Waals surface area (Å²) in [6.45, 7) is 1.65. The molecule has 0 spiro atoms. The van der Waals surface area contributed by atoms with E-state index in [0.29, 0.717) is 16.8 Å². The fourth-order valence-corrected chi connectivity index (χ4v) is 2.79. The summed E-state index contributed by atoms with van der Waals surface area (Å²) in [5.74, 6) is -0.198. The molecule has 0 aromatic heterocycles. The lowest BCUT2D eigenvalue weighted by atomic mass is 10.0. The number of hydrogen-bond donors (Lipinski definition) is 0. The van der Waals surface area contributed by atoms with Crippen LogP contribution in [0.5, 0.6) is 0 Å². The van der Waals surface area contributed by atoms with Crippen LogP contribution < -0.4 is 4.90 Å². The molecule has 0 bridgehead atoms. The zero-order chi connectivity index (χ0) is 15.5. The predicted molar refractivity (Wildman–Crippen MR) is 84.4 cm³/mol. The number of nitro benzene ring substituents is 1. The topological polar surface area (TPSA) is 63.5 Å². The van der Waals surface area contributed by atoms with E-state index in [-0.39, 0.29) is 11.5 Å². The average molecular weight is 296 g/mol. The quantitative estimate of drug-likeness (QED) is 0.492. The van der Waals surface area contributed by atoms with Gasteiger partial charge in [0.25, 0.3) is 5.69 Å². The molecule has 1 fully saturated rings. The van der Waals surface area contributed by atoms with Crippen LogP contribution in [0.2, 0.25) is 0 Å². The number of nitrogens with zero attached hydrogens (tertiary/aromatic N) is 2. The van der Waals surface area contributed by atoms with Gasteiger partial charge in [0.05, 0.1) is 4.92 Å². The zero-order valence-electron chi connectivity index (χ0n) is 12.1. The number of anilines is 1. The summed E-state index contributed by atoms with van der Waals surface area (Å²) in [5, 5.41) is 11.4. The summed E-state index contributed by atoms with van der Waals surface area (Å²) < 4.78 is 0. The van der Waals surface area contributed by atoms with Gasteiger partial charge in [-0.15, -0.1) is 0 Å². The van der Waals surface area contributed by atoms with Crippen LogP contribution >= 0.6 is 0 Å². The Morgan fingerprint density at radius 1 is 1.00 bits per heavy atom. The van der Waals surface area contributed by atoms with Crippen LogP contribution in [0.4, 0.5) is 11.4 Å². The monoisotopic (exact) mass is 296 g/mol. The van der Waals surface area contributed by atoms with Gasteiger partial charge < -0.3 is 4.90 Å². The molecule has 1 heterocycles. The maximum Gasteiger partial charge on any atom is 0.293 e. The summed E-state index contributed by atoms with van der Waals surface area (Å²) in [6.07, 6.45) is 2.09. The third-order valence-corrected chi connectivity index (χ3v) is 3.92. The minimum atomic E-state index is -0.407. The van der Waals surface area contributed by atoms with Crippen molar-refractivity contribution >= 4 is 17.2 Å². The number of carbonyl (C=O) groups excluding carboxylic acids is 1. The molecule has 0 N–H and O–H groups in total. The first-order valence-electron chi connectivity index (χ1n) is 7.30. The lowest BCUT2D eigenvalue weighted by molar-refractivity contribution is -0.384. The molecule has 0 saturated carbocycles. The zero-order valence-corrected chi connectivity index (χ0v) is 12.1. The van der Waals surface area contributed by atoms with E-state index in [1.165, 1.54) is 6.07 Å². The summed E-state index contributed by atoms with van der Waals surface area (Å²) in [7, 11) is 0. The Bertz CT molecular complexity index is 707. The van der Waals surface area contributed by atoms with Crippen molar-refractivity contribution in [3.63, 3.8) is 0 Å². The first-order valence-corrected chi connectivity index (χ1v) is 7.30. The summed E-state index contributed by atoms with van der Waals surface area (Å²) in [4.78, 5) is 25.4. The van der Waals surface area contributed by atoms with Gasteiger partial charge >= 0.3 is 0 Å². The van der Waals surface area contributed by atoms with Crippen LogP contribution in [0.1, 0.15) is 28.8 Å². The molecule has 3 rings (SSSR count). The normalized spacial score (nSPS) is 14.1. The Morgan fingerprint density at radius 3 is 2.32 bits per heavy atom. The summed E-state index contributed by atoms with van der Waals surface area (Å²) in [5.41, 5.74) is 1.49. The van der Waals surface area contributed by atoms with Gasteiger partial charge in [0, 0.05) is 30.3 Å². The second-order valence-electron chi connectivity index (χ2n) is 5.35. The van der Waals surface area contributed by atoms with Crippen LogP contribution in [-0.2, 0) is 0 Å². The highest BCUT2D eigenvalue weighted by atomic mass is 16.6. The molecule has 22 heavy (non-hydrogen) atoms. The number of nitro groups is 1. The van der Waals surface area contributed by atoms with Crippen molar-refractivity contribution in [3.8, 4) is 0 Å². The van der Waals surface area contributed by atoms with E-state index in [0.717, 1.165) is 25.9 Å². The van der Waals surface area contributed by atoms with Gasteiger partial charge in [-0.2, -0.15) is 0 Å². The standard InChI is InChI=1S/C17H16N2O3/c20-17(13-6-2-1-3-7-13)14-8-9-15(16(12-14)19(21)22)18-10-4-5-11-18/h1-3,6-9,12H,4-5,10-11H2. The van der Waals surface area contributed by atoms with Gasteiger partial charge in [0.2, 0.25) is 0 Å². The van der Waals surface area contributed by atoms with E-state index >= 15 is 0 Å². The van der Waals surface area contributed by atoms with Gasteiger partial charge in [-0.1, -0.05) is 30.3 Å². The van der Waals surface area contributed by atoms with Crippen LogP contribution in [0.25, 0.3) is 0 Å². The summed E-state index contributed by atoms with van der Waals surface area (Å²) in [6, 6.07) is 13.6. The van der Waals surface area contributed by atoms with Crippen molar-refractivity contribution in [2.24, 2.45) is 0 Å². The smallest absolute Gasteiger partial charge is 0.293 e. The maximum atomic E-state index is 12.4. The molecule has 2 aromatic carbocycles. The molecule has 1 aliphatic heterocycles. The second-order valence-corrected chi connectivity index (χ2v) is 5.35. The van der Waals surface area contributed by atoms with Crippen molar-refractivity contribution in [2.75, 3.05) is 18.0 Å². The lowest BCUT2D eigenvalue weighted by Crippen LogP contribution is -2.19. The van der Waals surface area contributed by atoms with Gasteiger partial charge in [0.15, 0.2) is 5.78 Å². The molecule has 112 valence electrons. The van der Waals surface area contributed by atoms with Crippen molar-refractivity contribution in [1.82, 2.24) is 0 Å². The van der Waals surface area contributed by atoms with E-state index in [1.807, 2.05) is 11.0 Å². The van der Waals surface area contributed by atoms with Gasteiger partial charge in [-0.05, 0) is 25.0 Å². The van der Waals surface area contributed by atoms with E-state index in [1.54, 1.807) is 36.4 Å². The molecular formula is C17H16N2O3. The van der Waals surface area contributed by atoms with Crippen molar-refractivity contribution in [2.45, 2.75) is 12.8 Å². The predicted octanol–water partition coefficient (Wildman–Crippen LogP) is 3.43. The number of carbonyl (C=O) groups is 1. The molecule has 5 nitrogen and oxygen atoms in total. The van der Waals surface area contributed by atoms with Crippen LogP contribution in [0, 0.1) is 10.1 Å². The Morgan fingerprint density at radius 2 is 1.68 bits per heavy atom. The van der Waals surface area contributed by atoms with Crippen LogP contribution in [0.15, 0.2) is 48.5 Å². The van der Waals surface area contributed by atoms with Crippen LogP contribution in [-0.4, -0.2) is 23.8 Å². The fraction of sp³-hybridized carbons (Fsp3) is 0.235. The average Bonchev–Trinajstić information content (AvgIpc) is 3.08. The van der Waals surface area contributed by atoms with Gasteiger partial charge in [-0.25, -0.2) is 0 Å². The van der Waals surface area contributed by atoms with Crippen molar-refractivity contribution in [1.29, 1.82) is 0 Å². The molecule has 1 aliphatic rings. The molecular weight excluding hydrogens is 280 g/mol. The number of hydrogen-bond acceptors (Lipinski definition) is 4. The molecule has 0 amide bonds. The Kier molecular flexibility index (Phi) is 3.87. The molecule has 1 saturated heterocycles. The van der Waals surface area contributed by atoms with Crippen LogP contribution in [0.3, 0.4) is 0 Å². The maximum absolute atomic E-state index is 12.4. The third-order valence-electron chi connectivity index (χ3n) is 3.92. The van der Waals surface area contributed by atoms with E-state index < -0.39 is 4.92 Å². The van der Waals surface area contributed by atoms with E-state index in [4.69, 9.17) is 0 Å². The lowest BCUT2D eigenvalue weighted by Gasteiger charge is -2.17. The van der Waals surface area contributed by atoms with Crippen molar-refractivity contribution < 1.29 is 9.72 Å². The number of rotatable bonds is 4. The highest BCUT2D eigenvalue weighted by Gasteiger charge is 2.24.